The molecule has 2 aromatic heterocycles. The number of rotatable bonds is 11. The van der Waals surface area contributed by atoms with Gasteiger partial charge in [-0.05, 0) is 53.5 Å². The second-order valence-corrected chi connectivity index (χ2v) is 14.0. The van der Waals surface area contributed by atoms with Gasteiger partial charge in [0.2, 0.25) is 6.33 Å². The number of aromatic nitrogens is 4. The lowest BCUT2D eigenvalue weighted by molar-refractivity contribution is -0.763. The summed E-state index contributed by atoms with van der Waals surface area (Å²) in [6.45, 7) is -0.150. The average molecular weight is 716 g/mol. The predicted octanol–water partition coefficient (Wildman–Crippen LogP) is 6.69. The number of carbonyl (C=O) groups is 2. The van der Waals surface area contributed by atoms with Crippen molar-refractivity contribution in [1.82, 2.24) is 25.0 Å². The van der Waals surface area contributed by atoms with Crippen molar-refractivity contribution >= 4 is 29.6 Å². The van der Waals surface area contributed by atoms with E-state index in [1.807, 2.05) is 20.8 Å². The van der Waals surface area contributed by atoms with Gasteiger partial charge in [0, 0.05) is 23.4 Å². The standard InChI is InChI=1S/C34H35ClF4N8O3/c1-33(2,3)17-34(22-7-4-19(5-8-22)21-13-42-46(15-21)30(38)39)28(48)47(31(40)44-34)27(16-50-32(49)43-23-9-10-23)20-6-11-25(35)24(12-20)26-14-41-18-45(26)29(36)37/h4-8,11-15,18,23,27,29-30H,9-10,16-17H2,1-3H3,(H3,40,43,44,49)/p+1/t27-,34-/m1/s1. The summed E-state index contributed by atoms with van der Waals surface area (Å²) in [7, 11) is 0. The number of nitrogens with two attached hydrogens (primary N) is 1. The van der Waals surface area contributed by atoms with Crippen LogP contribution in [0.1, 0.15) is 70.3 Å². The van der Waals surface area contributed by atoms with Crippen molar-refractivity contribution in [3.63, 3.8) is 0 Å². The van der Waals surface area contributed by atoms with Crippen molar-refractivity contribution in [2.75, 3.05) is 6.61 Å². The normalized spacial score (nSPS) is 18.6. The summed E-state index contributed by atoms with van der Waals surface area (Å²) in [6, 6.07) is 10.4. The monoisotopic (exact) mass is 715 g/mol. The van der Waals surface area contributed by atoms with Crippen LogP contribution in [0, 0.1) is 5.41 Å². The van der Waals surface area contributed by atoms with Gasteiger partial charge >= 0.3 is 19.2 Å². The van der Waals surface area contributed by atoms with Gasteiger partial charge in [-0.25, -0.2) is 19.5 Å². The molecule has 11 nitrogen and oxygen atoms in total. The van der Waals surface area contributed by atoms with Crippen LogP contribution < -0.4 is 15.6 Å². The molecule has 6 rings (SSSR count). The van der Waals surface area contributed by atoms with Gasteiger partial charge < -0.3 is 15.8 Å². The summed E-state index contributed by atoms with van der Waals surface area (Å²) in [5.74, 6) is -0.640. The van der Waals surface area contributed by atoms with E-state index in [9.17, 15) is 27.2 Å². The number of ether oxygens (including phenoxy) is 1. The number of halogens is 5. The average Bonchev–Trinajstić information content (AvgIpc) is 3.42. The molecule has 0 radical (unpaired) electrons. The molecule has 0 bridgehead atoms. The molecule has 0 spiro atoms. The third-order valence-corrected chi connectivity index (χ3v) is 8.89. The fourth-order valence-corrected chi connectivity index (χ4v) is 6.40. The van der Waals surface area contributed by atoms with E-state index in [-0.39, 0.29) is 41.3 Å². The van der Waals surface area contributed by atoms with Crippen LogP contribution in [0.4, 0.5) is 22.4 Å². The maximum absolute atomic E-state index is 14.9. The fraction of sp³-hybridized carbons (Fsp3) is 0.382. The minimum atomic E-state index is -2.87. The molecule has 2 aliphatic rings. The Morgan fingerprint density at radius 1 is 1.16 bits per heavy atom. The summed E-state index contributed by atoms with van der Waals surface area (Å²) in [4.78, 5) is 36.3. The van der Waals surface area contributed by atoms with Crippen molar-refractivity contribution in [3.05, 3.63) is 83.5 Å². The third kappa shape index (κ3) is 7.04. The summed E-state index contributed by atoms with van der Waals surface area (Å²) >= 11 is 6.51. The topological polar surface area (TPSA) is 135 Å². The van der Waals surface area contributed by atoms with Crippen LogP contribution in [0.15, 0.2) is 72.4 Å². The third-order valence-electron chi connectivity index (χ3n) is 8.56. The Balaban J connectivity index is 1.40. The van der Waals surface area contributed by atoms with Gasteiger partial charge in [0.05, 0.1) is 17.3 Å². The van der Waals surface area contributed by atoms with Crippen LogP contribution in [0.5, 0.6) is 0 Å². The van der Waals surface area contributed by atoms with Gasteiger partial charge in [0.15, 0.2) is 17.2 Å². The summed E-state index contributed by atoms with van der Waals surface area (Å²) < 4.78 is 60.9. The molecule has 1 saturated carbocycles. The lowest BCUT2D eigenvalue weighted by atomic mass is 9.75. The molecule has 1 aliphatic carbocycles. The van der Waals surface area contributed by atoms with E-state index >= 15 is 0 Å². The van der Waals surface area contributed by atoms with Crippen LogP contribution in [0.2, 0.25) is 5.02 Å². The van der Waals surface area contributed by atoms with Crippen LogP contribution in [-0.4, -0.2) is 50.3 Å². The number of amides is 2. The molecule has 4 N–H and O–H groups in total. The first kappa shape index (κ1) is 34.9. The van der Waals surface area contributed by atoms with Crippen molar-refractivity contribution < 1.29 is 36.5 Å². The van der Waals surface area contributed by atoms with E-state index in [0.717, 1.165) is 19.2 Å². The van der Waals surface area contributed by atoms with E-state index in [4.69, 9.17) is 27.1 Å². The Labute approximate surface area is 290 Å². The zero-order chi connectivity index (χ0) is 36.0. The highest BCUT2D eigenvalue weighted by atomic mass is 35.5. The number of nitrogens with zero attached hydrogens (tertiary/aromatic N) is 5. The highest BCUT2D eigenvalue weighted by Crippen LogP contribution is 2.45. The van der Waals surface area contributed by atoms with Gasteiger partial charge in [0.25, 0.3) is 5.91 Å². The second-order valence-electron chi connectivity index (χ2n) is 13.6. The molecule has 2 amide bonds. The maximum Gasteiger partial charge on any atom is 0.407 e. The highest BCUT2D eigenvalue weighted by molar-refractivity contribution is 6.33. The number of imidazole rings is 1. The van der Waals surface area contributed by atoms with E-state index in [0.29, 0.717) is 31.5 Å². The van der Waals surface area contributed by atoms with Gasteiger partial charge in [-0.3, -0.25) is 9.69 Å². The first-order chi connectivity index (χ1) is 23.7. The molecule has 50 heavy (non-hydrogen) atoms. The smallest absolute Gasteiger partial charge is 0.407 e. The van der Waals surface area contributed by atoms with Crippen LogP contribution in [0.3, 0.4) is 0 Å². The molecular weight excluding hydrogens is 680 g/mol. The number of H-pyrrole nitrogens is 1. The van der Waals surface area contributed by atoms with E-state index < -0.39 is 42.1 Å². The predicted molar refractivity (Wildman–Crippen MR) is 176 cm³/mol. The Morgan fingerprint density at radius 2 is 1.88 bits per heavy atom. The van der Waals surface area contributed by atoms with Crippen LogP contribution >= 0.6 is 11.6 Å². The minimum absolute atomic E-state index is 0.00800. The SMILES string of the molecule is CC(C)(C)C[C@]1(c2ccc(-c3cnn(C(F)F)c3)cc2)N=C(N)N([C@H](COC(=O)NC2CC2)c2ccc(Cl)c(-c3c[nH]c[n+]3C(F)F)c2)C1=O. The highest BCUT2D eigenvalue weighted by Gasteiger charge is 2.53. The second kappa shape index (κ2) is 13.4. The molecular formula is C34H36ClF4N8O3+. The van der Waals surface area contributed by atoms with Gasteiger partial charge in [0.1, 0.15) is 12.8 Å². The molecule has 1 fully saturated rings. The van der Waals surface area contributed by atoms with Crippen molar-refractivity contribution in [2.24, 2.45) is 16.1 Å². The van der Waals surface area contributed by atoms with Gasteiger partial charge in [-0.2, -0.15) is 27.2 Å². The van der Waals surface area contributed by atoms with Crippen LogP contribution in [-0.2, 0) is 15.1 Å². The molecule has 3 heterocycles. The Bertz CT molecular complexity index is 1920. The van der Waals surface area contributed by atoms with E-state index in [1.165, 1.54) is 29.6 Å². The van der Waals surface area contributed by atoms with E-state index in [2.05, 4.69) is 15.4 Å². The van der Waals surface area contributed by atoms with Gasteiger partial charge in [-0.1, -0.05) is 62.7 Å². The number of aromatic amines is 1. The number of benzene rings is 2. The number of nitrogens with one attached hydrogen (secondary N) is 2. The number of hydrogen-bond donors (Lipinski definition) is 3. The van der Waals surface area contributed by atoms with Crippen molar-refractivity contribution in [1.29, 1.82) is 0 Å². The molecule has 4 aromatic rings. The zero-order valence-corrected chi connectivity index (χ0v) is 28.2. The molecule has 16 heteroatoms. The summed E-state index contributed by atoms with van der Waals surface area (Å²) in [5, 5.41) is 6.62. The molecule has 2 atom stereocenters. The largest absolute Gasteiger partial charge is 0.447 e. The zero-order valence-electron chi connectivity index (χ0n) is 27.4. The van der Waals surface area contributed by atoms with Gasteiger partial charge in [-0.15, -0.1) is 0 Å². The fourth-order valence-electron chi connectivity index (χ4n) is 6.18. The Hall–Kier alpha value is -4.92. The lowest BCUT2D eigenvalue weighted by Gasteiger charge is -2.35. The summed E-state index contributed by atoms with van der Waals surface area (Å²) in [5.41, 5.74) is 6.92. The quantitative estimate of drug-likeness (QED) is 0.118. The number of carbonyl (C=O) groups excluding carboxylic acids is 2. The number of alkyl halides is 4. The maximum atomic E-state index is 14.9. The lowest BCUT2D eigenvalue weighted by Crippen LogP contribution is -2.47. The molecule has 0 unspecified atom stereocenters. The van der Waals surface area contributed by atoms with Crippen LogP contribution in [0.25, 0.3) is 22.4 Å². The summed E-state index contributed by atoms with van der Waals surface area (Å²) in [6.07, 6.45) is 6.23. The molecule has 0 saturated heterocycles. The molecule has 2 aromatic carbocycles. The molecule has 264 valence electrons. The first-order valence-corrected chi connectivity index (χ1v) is 16.3. The minimum Gasteiger partial charge on any atom is -0.447 e. The molecule has 1 aliphatic heterocycles. The first-order valence-electron chi connectivity index (χ1n) is 15.9. The van der Waals surface area contributed by atoms with Crippen molar-refractivity contribution in [3.8, 4) is 22.4 Å². The van der Waals surface area contributed by atoms with Crippen molar-refractivity contribution in [2.45, 2.75) is 70.8 Å². The number of alkyl carbamates (subject to hydrolysis) is 1. The number of guanidine groups is 1. The van der Waals surface area contributed by atoms with E-state index in [1.54, 1.807) is 36.4 Å². The Kier molecular flexibility index (Phi) is 9.37. The number of hydrogen-bond acceptors (Lipinski definition) is 6. The number of aliphatic imine (C=N–C) groups is 1. The Morgan fingerprint density at radius 3 is 2.50 bits per heavy atom.